The van der Waals surface area contributed by atoms with E-state index in [9.17, 15) is 9.46 Å². The molecule has 6 heteroatoms. The molecule has 5 nitrogen and oxygen atoms in total. The molecule has 0 aromatic rings. The second kappa shape index (κ2) is 22.6. The van der Waals surface area contributed by atoms with Crippen LogP contribution in [0.5, 0.6) is 0 Å². The van der Waals surface area contributed by atoms with Gasteiger partial charge in [0, 0.05) is 0 Å². The van der Waals surface area contributed by atoms with Crippen LogP contribution < -0.4 is 4.89 Å². The molecule has 220 valence electrons. The van der Waals surface area contributed by atoms with Gasteiger partial charge < -0.3 is 18.4 Å². The molecular formula is C31H62NO4P. The Bertz CT molecular complexity index is 590. The summed E-state index contributed by atoms with van der Waals surface area (Å²) < 4.78 is 23.1. The van der Waals surface area contributed by atoms with E-state index in [0.717, 1.165) is 49.3 Å². The molecule has 0 spiro atoms. The third-order valence-electron chi connectivity index (χ3n) is 8.11. The number of nitrogens with zero attached hydrogens (tertiary/aromatic N) is 1. The monoisotopic (exact) mass is 543 g/mol. The Morgan fingerprint density at radius 3 is 1.68 bits per heavy atom. The summed E-state index contributed by atoms with van der Waals surface area (Å²) >= 11 is 0. The second-order valence-electron chi connectivity index (χ2n) is 11.9. The Kier molecular flexibility index (Phi) is 21.3. The van der Waals surface area contributed by atoms with Gasteiger partial charge in [-0.1, -0.05) is 109 Å². The highest BCUT2D eigenvalue weighted by atomic mass is 31.2. The first kappa shape index (κ1) is 34.8. The van der Waals surface area contributed by atoms with Gasteiger partial charge in [-0.2, -0.15) is 0 Å². The fourth-order valence-electron chi connectivity index (χ4n) is 5.19. The molecule has 0 aromatic carbocycles. The molecule has 0 aromatic heterocycles. The number of allylic oxidation sites excluding steroid dienone is 2. The number of phosphoric ester groups is 1. The minimum atomic E-state index is -4.16. The van der Waals surface area contributed by atoms with Crippen molar-refractivity contribution >= 4 is 7.82 Å². The van der Waals surface area contributed by atoms with Crippen LogP contribution in [0, 0.1) is 5.92 Å². The first-order valence-electron chi connectivity index (χ1n) is 16.0. The number of likely N-dealkylation sites (tertiary alicyclic amines) is 1. The number of quaternary nitrogens is 1. The Hall–Kier alpha value is -0.190. The summed E-state index contributed by atoms with van der Waals surface area (Å²) in [6, 6.07) is 0. The van der Waals surface area contributed by atoms with Crippen LogP contribution in [0.25, 0.3) is 0 Å². The molecule has 1 fully saturated rings. The van der Waals surface area contributed by atoms with Crippen molar-refractivity contribution in [1.82, 2.24) is 0 Å². The zero-order chi connectivity index (χ0) is 27.1. The molecular weight excluding hydrogens is 481 g/mol. The fourth-order valence-corrected chi connectivity index (χ4v) is 5.92. The molecule has 0 saturated carbocycles. The Morgan fingerprint density at radius 1 is 0.730 bits per heavy atom. The summed E-state index contributed by atoms with van der Waals surface area (Å²) in [7, 11) is -1.96. The van der Waals surface area contributed by atoms with E-state index in [0.29, 0.717) is 0 Å². The standard InChI is InChI=1S/C31H62NO4P/c1-4-5-6-7-8-9-10-11-12-13-14-15-16-17-18-19-20-21-22-23-29-35-37(33,34)36-30-28-32(3)26-24-31(2)25-27-32/h11-12,31H,4-10,13-30H2,1-3H3/b12-11-. The van der Waals surface area contributed by atoms with E-state index < -0.39 is 7.82 Å². The van der Waals surface area contributed by atoms with E-state index in [1.165, 1.54) is 109 Å². The summed E-state index contributed by atoms with van der Waals surface area (Å²) in [5.74, 6) is 0.781. The maximum Gasteiger partial charge on any atom is 0.268 e. The predicted molar refractivity (Wildman–Crippen MR) is 157 cm³/mol. The Balaban J connectivity index is 1.82. The number of unbranched alkanes of at least 4 members (excludes halogenated alkanes) is 16. The molecule has 37 heavy (non-hydrogen) atoms. The summed E-state index contributed by atoms with van der Waals surface area (Å²) in [6.07, 6.45) is 30.2. The maximum absolute atomic E-state index is 12.0. The highest BCUT2D eigenvalue weighted by Gasteiger charge is 2.28. The average molecular weight is 544 g/mol. The summed E-state index contributed by atoms with van der Waals surface area (Å²) in [4.78, 5) is 12.0. The number of hydrogen-bond donors (Lipinski definition) is 0. The van der Waals surface area contributed by atoms with Crippen LogP contribution in [0.3, 0.4) is 0 Å². The highest BCUT2D eigenvalue weighted by molar-refractivity contribution is 7.45. The second-order valence-corrected chi connectivity index (χ2v) is 13.3. The van der Waals surface area contributed by atoms with Crippen LogP contribution in [0.15, 0.2) is 12.2 Å². The minimum Gasteiger partial charge on any atom is -0.756 e. The lowest BCUT2D eigenvalue weighted by atomic mass is 9.97. The van der Waals surface area contributed by atoms with Gasteiger partial charge in [-0.15, -0.1) is 0 Å². The van der Waals surface area contributed by atoms with E-state index in [2.05, 4.69) is 33.0 Å². The van der Waals surface area contributed by atoms with Crippen LogP contribution in [-0.4, -0.2) is 44.4 Å². The van der Waals surface area contributed by atoms with Gasteiger partial charge in [0.05, 0.1) is 26.7 Å². The third kappa shape index (κ3) is 21.3. The Labute approximate surface area is 231 Å². The van der Waals surface area contributed by atoms with E-state index in [1.54, 1.807) is 0 Å². The fraction of sp³-hybridized carbons (Fsp3) is 0.935. The van der Waals surface area contributed by atoms with Crippen molar-refractivity contribution in [2.24, 2.45) is 5.92 Å². The van der Waals surface area contributed by atoms with Crippen LogP contribution in [0.1, 0.15) is 142 Å². The first-order valence-corrected chi connectivity index (χ1v) is 17.4. The van der Waals surface area contributed by atoms with Crippen molar-refractivity contribution in [3.63, 3.8) is 0 Å². The van der Waals surface area contributed by atoms with Gasteiger partial charge in [0.25, 0.3) is 7.82 Å². The number of phosphoric acid groups is 1. The van der Waals surface area contributed by atoms with Gasteiger partial charge in [0.15, 0.2) is 0 Å². The van der Waals surface area contributed by atoms with Crippen molar-refractivity contribution in [3.05, 3.63) is 12.2 Å². The van der Waals surface area contributed by atoms with Crippen LogP contribution in [0.2, 0.25) is 0 Å². The van der Waals surface area contributed by atoms with Gasteiger partial charge in [-0.25, -0.2) is 0 Å². The van der Waals surface area contributed by atoms with Crippen molar-refractivity contribution in [2.75, 3.05) is 39.9 Å². The molecule has 1 heterocycles. The SMILES string of the molecule is CCCCCCCC/C=C\CCCCCCCCCCCCOP(=O)([O-])OCC[N+]1(C)CCC(C)CC1. The molecule has 0 bridgehead atoms. The molecule has 1 rings (SSSR count). The smallest absolute Gasteiger partial charge is 0.268 e. The number of piperidine rings is 1. The maximum atomic E-state index is 12.0. The summed E-state index contributed by atoms with van der Waals surface area (Å²) in [5.41, 5.74) is 0. The van der Waals surface area contributed by atoms with Crippen molar-refractivity contribution in [2.45, 2.75) is 142 Å². The lowest BCUT2D eigenvalue weighted by Gasteiger charge is -2.40. The third-order valence-corrected chi connectivity index (χ3v) is 9.11. The largest absolute Gasteiger partial charge is 0.756 e. The van der Waals surface area contributed by atoms with Gasteiger partial charge in [0.1, 0.15) is 13.2 Å². The van der Waals surface area contributed by atoms with Crippen LogP contribution >= 0.6 is 7.82 Å². The highest BCUT2D eigenvalue weighted by Crippen LogP contribution is 2.38. The van der Waals surface area contributed by atoms with Gasteiger partial charge >= 0.3 is 0 Å². The number of likely N-dealkylation sites (N-methyl/N-ethyl adjacent to an activating group) is 1. The molecule has 1 saturated heterocycles. The molecule has 1 unspecified atom stereocenters. The molecule has 0 radical (unpaired) electrons. The average Bonchev–Trinajstić information content (AvgIpc) is 2.87. The molecule has 0 aliphatic carbocycles. The Morgan fingerprint density at radius 2 is 1.16 bits per heavy atom. The molecule has 1 aliphatic rings. The van der Waals surface area contributed by atoms with E-state index >= 15 is 0 Å². The molecule has 0 amide bonds. The predicted octanol–water partition coefficient (Wildman–Crippen LogP) is 8.96. The zero-order valence-corrected chi connectivity index (χ0v) is 25.8. The number of hydrogen-bond acceptors (Lipinski definition) is 4. The normalized spacial score (nSPS) is 22.0. The van der Waals surface area contributed by atoms with Crippen molar-refractivity contribution in [3.8, 4) is 0 Å². The van der Waals surface area contributed by atoms with E-state index in [-0.39, 0.29) is 13.2 Å². The minimum absolute atomic E-state index is 0.224. The van der Waals surface area contributed by atoms with Crippen LogP contribution in [-0.2, 0) is 13.6 Å². The lowest BCUT2D eigenvalue weighted by Crippen LogP contribution is -2.51. The number of rotatable bonds is 25. The van der Waals surface area contributed by atoms with Crippen LogP contribution in [0.4, 0.5) is 0 Å². The van der Waals surface area contributed by atoms with Crippen molar-refractivity contribution in [1.29, 1.82) is 0 Å². The summed E-state index contributed by atoms with van der Waals surface area (Å²) in [5, 5.41) is 0. The van der Waals surface area contributed by atoms with Gasteiger partial charge in [-0.3, -0.25) is 4.57 Å². The first-order chi connectivity index (χ1) is 17.9. The lowest BCUT2D eigenvalue weighted by molar-refractivity contribution is -0.915. The molecule has 0 N–H and O–H groups in total. The molecule has 1 atom stereocenters. The van der Waals surface area contributed by atoms with E-state index in [1.807, 2.05) is 0 Å². The van der Waals surface area contributed by atoms with E-state index in [4.69, 9.17) is 9.05 Å². The quantitative estimate of drug-likeness (QED) is 0.0499. The summed E-state index contributed by atoms with van der Waals surface area (Å²) in [6.45, 7) is 7.98. The topological polar surface area (TPSA) is 58.6 Å². The zero-order valence-electron chi connectivity index (χ0n) is 24.9. The van der Waals surface area contributed by atoms with Crippen molar-refractivity contribution < 1.29 is 23.0 Å². The molecule has 1 aliphatic heterocycles. The van der Waals surface area contributed by atoms with Gasteiger partial charge in [-0.05, 0) is 50.9 Å². The van der Waals surface area contributed by atoms with Gasteiger partial charge in [0.2, 0.25) is 0 Å².